The molecular formula is C14H18N4O2. The summed E-state index contributed by atoms with van der Waals surface area (Å²) >= 11 is 0. The van der Waals surface area contributed by atoms with Crippen LogP contribution < -0.4 is 5.32 Å². The number of nitro benzene ring substituents is 1. The van der Waals surface area contributed by atoms with E-state index in [9.17, 15) is 10.1 Å². The molecule has 20 heavy (non-hydrogen) atoms. The summed E-state index contributed by atoms with van der Waals surface area (Å²) < 4.78 is 0. The molecule has 0 bridgehead atoms. The van der Waals surface area contributed by atoms with Gasteiger partial charge in [-0.3, -0.25) is 15.1 Å². The maximum Gasteiger partial charge on any atom is 0.278 e. The van der Waals surface area contributed by atoms with Crippen LogP contribution in [0.25, 0.3) is 10.8 Å². The molecule has 0 aliphatic carbocycles. The van der Waals surface area contributed by atoms with E-state index in [0.29, 0.717) is 5.39 Å². The standard InChI is InChI=1S/C14H18N4O2/c1-10(9-17(2)3)16-13-4-5-14(18(19)20)12-8-15-7-6-11(12)13/h4-8,10,16H,9H2,1-3H3. The van der Waals surface area contributed by atoms with Crippen molar-refractivity contribution in [1.29, 1.82) is 0 Å². The molecular weight excluding hydrogens is 256 g/mol. The highest BCUT2D eigenvalue weighted by Gasteiger charge is 2.15. The molecule has 0 radical (unpaired) electrons. The van der Waals surface area contributed by atoms with E-state index in [1.54, 1.807) is 18.3 Å². The number of pyridine rings is 1. The molecule has 1 aromatic carbocycles. The van der Waals surface area contributed by atoms with Gasteiger partial charge in [0, 0.05) is 42.1 Å². The number of anilines is 1. The summed E-state index contributed by atoms with van der Waals surface area (Å²) in [6, 6.07) is 5.32. The molecule has 1 aromatic heterocycles. The predicted molar refractivity (Wildman–Crippen MR) is 80.0 cm³/mol. The van der Waals surface area contributed by atoms with Crippen molar-refractivity contribution in [2.24, 2.45) is 0 Å². The smallest absolute Gasteiger partial charge is 0.278 e. The molecule has 1 unspecified atom stereocenters. The van der Waals surface area contributed by atoms with Crippen LogP contribution in [0.2, 0.25) is 0 Å². The fourth-order valence-corrected chi connectivity index (χ4v) is 2.32. The third kappa shape index (κ3) is 3.03. The molecule has 0 saturated carbocycles. The summed E-state index contributed by atoms with van der Waals surface area (Å²) in [6.07, 6.45) is 3.18. The molecule has 0 aliphatic rings. The molecule has 0 amide bonds. The average Bonchev–Trinajstić information content (AvgIpc) is 2.37. The lowest BCUT2D eigenvalue weighted by atomic mass is 10.1. The lowest BCUT2D eigenvalue weighted by molar-refractivity contribution is -0.383. The van der Waals surface area contributed by atoms with Gasteiger partial charge in [-0.1, -0.05) is 0 Å². The molecule has 1 N–H and O–H groups in total. The molecule has 1 atom stereocenters. The third-order valence-electron chi connectivity index (χ3n) is 3.03. The van der Waals surface area contributed by atoms with Crippen LogP contribution in [-0.2, 0) is 0 Å². The van der Waals surface area contributed by atoms with Gasteiger partial charge in [0.2, 0.25) is 0 Å². The minimum Gasteiger partial charge on any atom is -0.381 e. The van der Waals surface area contributed by atoms with Gasteiger partial charge in [0.05, 0.1) is 10.3 Å². The van der Waals surface area contributed by atoms with Gasteiger partial charge in [0.15, 0.2) is 0 Å². The number of rotatable bonds is 5. The highest BCUT2D eigenvalue weighted by Crippen LogP contribution is 2.30. The normalized spacial score (nSPS) is 12.6. The number of likely N-dealkylation sites (N-methyl/N-ethyl adjacent to an activating group) is 1. The Bertz CT molecular complexity index is 628. The minimum atomic E-state index is -0.378. The van der Waals surface area contributed by atoms with Crippen LogP contribution in [0.3, 0.4) is 0 Å². The largest absolute Gasteiger partial charge is 0.381 e. The van der Waals surface area contributed by atoms with E-state index in [-0.39, 0.29) is 16.7 Å². The number of aromatic nitrogens is 1. The van der Waals surface area contributed by atoms with Crippen molar-refractivity contribution < 1.29 is 4.92 Å². The summed E-state index contributed by atoms with van der Waals surface area (Å²) in [5, 5.41) is 15.8. The Morgan fingerprint density at radius 3 is 2.75 bits per heavy atom. The van der Waals surface area contributed by atoms with Crippen LogP contribution in [0.4, 0.5) is 11.4 Å². The fraction of sp³-hybridized carbons (Fsp3) is 0.357. The molecule has 106 valence electrons. The van der Waals surface area contributed by atoms with Crippen molar-refractivity contribution in [3.05, 3.63) is 40.7 Å². The highest BCUT2D eigenvalue weighted by atomic mass is 16.6. The number of nitrogens with one attached hydrogen (secondary N) is 1. The molecule has 2 rings (SSSR count). The maximum atomic E-state index is 11.0. The SMILES string of the molecule is CC(CN(C)C)Nc1ccc([N+](=O)[O-])c2cnccc12. The van der Waals surface area contributed by atoms with Crippen molar-refractivity contribution in [1.82, 2.24) is 9.88 Å². The molecule has 0 aliphatic heterocycles. The molecule has 0 fully saturated rings. The first kappa shape index (κ1) is 14.2. The summed E-state index contributed by atoms with van der Waals surface area (Å²) in [5.74, 6) is 0. The quantitative estimate of drug-likeness (QED) is 0.670. The zero-order valence-electron chi connectivity index (χ0n) is 11.8. The Kier molecular flexibility index (Phi) is 4.14. The first-order valence-corrected chi connectivity index (χ1v) is 6.41. The molecule has 2 aromatic rings. The first-order chi connectivity index (χ1) is 9.49. The Labute approximate surface area is 117 Å². The van der Waals surface area contributed by atoms with Gasteiger partial charge in [-0.05, 0) is 33.2 Å². The molecule has 6 heteroatoms. The van der Waals surface area contributed by atoms with E-state index in [1.807, 2.05) is 14.1 Å². The van der Waals surface area contributed by atoms with Crippen molar-refractivity contribution >= 4 is 22.1 Å². The van der Waals surface area contributed by atoms with E-state index >= 15 is 0 Å². The third-order valence-corrected chi connectivity index (χ3v) is 3.03. The van der Waals surface area contributed by atoms with E-state index in [1.165, 1.54) is 12.3 Å². The highest BCUT2D eigenvalue weighted by molar-refractivity contribution is 5.99. The van der Waals surface area contributed by atoms with Gasteiger partial charge in [0.1, 0.15) is 0 Å². The van der Waals surface area contributed by atoms with Gasteiger partial charge in [-0.15, -0.1) is 0 Å². The van der Waals surface area contributed by atoms with Crippen LogP contribution in [0.5, 0.6) is 0 Å². The summed E-state index contributed by atoms with van der Waals surface area (Å²) in [6.45, 7) is 2.96. The number of fused-ring (bicyclic) bond motifs is 1. The first-order valence-electron chi connectivity index (χ1n) is 6.41. The van der Waals surface area contributed by atoms with Crippen molar-refractivity contribution in [3.8, 4) is 0 Å². The van der Waals surface area contributed by atoms with Gasteiger partial charge >= 0.3 is 0 Å². The zero-order chi connectivity index (χ0) is 14.7. The lowest BCUT2D eigenvalue weighted by Gasteiger charge is -2.20. The molecule has 0 saturated heterocycles. The van der Waals surface area contributed by atoms with E-state index < -0.39 is 0 Å². The second kappa shape index (κ2) is 5.83. The van der Waals surface area contributed by atoms with Gasteiger partial charge in [-0.25, -0.2) is 0 Å². The Morgan fingerprint density at radius 2 is 2.10 bits per heavy atom. The van der Waals surface area contributed by atoms with Gasteiger partial charge in [-0.2, -0.15) is 0 Å². The maximum absolute atomic E-state index is 11.0. The fourth-order valence-electron chi connectivity index (χ4n) is 2.32. The zero-order valence-corrected chi connectivity index (χ0v) is 11.8. The number of hydrogen-bond donors (Lipinski definition) is 1. The Morgan fingerprint density at radius 1 is 1.35 bits per heavy atom. The van der Waals surface area contributed by atoms with Crippen LogP contribution in [0, 0.1) is 10.1 Å². The predicted octanol–water partition coefficient (Wildman–Crippen LogP) is 2.51. The second-order valence-corrected chi connectivity index (χ2v) is 5.12. The van der Waals surface area contributed by atoms with E-state index in [4.69, 9.17) is 0 Å². The summed E-state index contributed by atoms with van der Waals surface area (Å²) in [7, 11) is 4.02. The summed E-state index contributed by atoms with van der Waals surface area (Å²) in [4.78, 5) is 16.7. The second-order valence-electron chi connectivity index (χ2n) is 5.12. The van der Waals surface area contributed by atoms with Gasteiger partial charge < -0.3 is 10.2 Å². The number of non-ortho nitro benzene ring substituents is 1. The topological polar surface area (TPSA) is 71.3 Å². The molecule has 6 nitrogen and oxygen atoms in total. The molecule has 1 heterocycles. The lowest BCUT2D eigenvalue weighted by Crippen LogP contribution is -2.29. The number of nitro groups is 1. The van der Waals surface area contributed by atoms with Crippen LogP contribution in [0.15, 0.2) is 30.6 Å². The Hall–Kier alpha value is -2.21. The van der Waals surface area contributed by atoms with Gasteiger partial charge in [0.25, 0.3) is 5.69 Å². The number of nitrogens with zero attached hydrogens (tertiary/aromatic N) is 3. The van der Waals surface area contributed by atoms with Crippen LogP contribution in [0.1, 0.15) is 6.92 Å². The minimum absolute atomic E-state index is 0.0823. The van der Waals surface area contributed by atoms with Crippen molar-refractivity contribution in [2.45, 2.75) is 13.0 Å². The van der Waals surface area contributed by atoms with Crippen molar-refractivity contribution in [2.75, 3.05) is 26.0 Å². The number of benzene rings is 1. The van der Waals surface area contributed by atoms with Crippen LogP contribution in [-0.4, -0.2) is 41.5 Å². The molecule has 0 spiro atoms. The van der Waals surface area contributed by atoms with E-state index in [2.05, 4.69) is 22.1 Å². The Balaban J connectivity index is 2.40. The average molecular weight is 274 g/mol. The number of hydrogen-bond acceptors (Lipinski definition) is 5. The van der Waals surface area contributed by atoms with Crippen LogP contribution >= 0.6 is 0 Å². The van der Waals surface area contributed by atoms with E-state index in [0.717, 1.165) is 17.6 Å². The van der Waals surface area contributed by atoms with Crippen molar-refractivity contribution in [3.63, 3.8) is 0 Å². The summed E-state index contributed by atoms with van der Waals surface area (Å²) in [5.41, 5.74) is 0.973. The monoisotopic (exact) mass is 274 g/mol.